The summed E-state index contributed by atoms with van der Waals surface area (Å²) in [7, 11) is 0. The van der Waals surface area contributed by atoms with Gasteiger partial charge in [-0.05, 0) is 17.7 Å². The van der Waals surface area contributed by atoms with Gasteiger partial charge in [-0.25, -0.2) is 4.39 Å². The third kappa shape index (κ3) is 6.86. The van der Waals surface area contributed by atoms with Gasteiger partial charge in [-0.1, -0.05) is 25.1 Å². The molecule has 1 saturated heterocycles. The first-order valence-electron chi connectivity index (χ1n) is 10.8. The number of nitrogens with one attached hydrogen (secondary N) is 2. The molecule has 1 aliphatic heterocycles. The van der Waals surface area contributed by atoms with Gasteiger partial charge in [0.15, 0.2) is 5.96 Å². The molecule has 3 rings (SSSR count). The first-order chi connectivity index (χ1) is 15.2. The number of aromatic nitrogens is 3. The Hall–Kier alpha value is -2.78. The number of hydrogen-bond acceptors (Lipinski definition) is 5. The molecule has 8 nitrogen and oxygen atoms in total. The van der Waals surface area contributed by atoms with Crippen LogP contribution in [0.3, 0.4) is 0 Å². The highest BCUT2D eigenvalue weighted by atomic mass is 19.1. The molecule has 0 aliphatic carbocycles. The molecule has 1 aromatic heterocycles. The van der Waals surface area contributed by atoms with Crippen LogP contribution >= 0.6 is 0 Å². The molecular weight excluding hydrogens is 397 g/mol. The first-order valence-corrected chi connectivity index (χ1v) is 10.8. The Labute approximate surface area is 183 Å². The molecule has 0 radical (unpaired) electrons. The van der Waals surface area contributed by atoms with E-state index in [2.05, 4.69) is 39.2 Å². The third-order valence-corrected chi connectivity index (χ3v) is 5.23. The summed E-state index contributed by atoms with van der Waals surface area (Å²) in [6, 6.07) is 6.75. The van der Waals surface area contributed by atoms with Crippen molar-refractivity contribution < 1.29 is 9.13 Å². The van der Waals surface area contributed by atoms with E-state index in [1.54, 1.807) is 12.4 Å². The van der Waals surface area contributed by atoms with Gasteiger partial charge >= 0.3 is 0 Å². The lowest BCUT2D eigenvalue weighted by Gasteiger charge is -2.34. The van der Waals surface area contributed by atoms with Gasteiger partial charge in [0, 0.05) is 39.1 Å². The van der Waals surface area contributed by atoms with Crippen molar-refractivity contribution in [1.29, 1.82) is 0 Å². The second-order valence-corrected chi connectivity index (χ2v) is 7.30. The van der Waals surface area contributed by atoms with Crippen LogP contribution in [-0.2, 0) is 17.7 Å². The molecule has 1 fully saturated rings. The van der Waals surface area contributed by atoms with E-state index in [0.717, 1.165) is 37.4 Å². The van der Waals surface area contributed by atoms with E-state index in [0.29, 0.717) is 38.8 Å². The van der Waals surface area contributed by atoms with E-state index >= 15 is 0 Å². The Morgan fingerprint density at radius 2 is 2.06 bits per heavy atom. The van der Waals surface area contributed by atoms with Crippen molar-refractivity contribution in [3.63, 3.8) is 0 Å². The lowest BCUT2D eigenvalue weighted by molar-refractivity contribution is 0.0179. The van der Waals surface area contributed by atoms with Crippen LogP contribution in [0.1, 0.15) is 24.4 Å². The molecule has 1 atom stereocenters. The van der Waals surface area contributed by atoms with Crippen LogP contribution in [0.5, 0.6) is 0 Å². The highest BCUT2D eigenvalue weighted by Gasteiger charge is 2.22. The van der Waals surface area contributed by atoms with Crippen LogP contribution in [0.2, 0.25) is 0 Å². The molecule has 0 saturated carbocycles. The molecule has 31 heavy (non-hydrogen) atoms. The molecule has 168 valence electrons. The third-order valence-electron chi connectivity index (χ3n) is 5.23. The number of rotatable bonds is 10. The fourth-order valence-electron chi connectivity index (χ4n) is 3.56. The number of guanidine groups is 1. The maximum absolute atomic E-state index is 13.5. The molecule has 0 bridgehead atoms. The van der Waals surface area contributed by atoms with Crippen molar-refractivity contribution in [3.05, 3.63) is 60.5 Å². The van der Waals surface area contributed by atoms with Crippen molar-refractivity contribution in [2.75, 3.05) is 45.9 Å². The average molecular weight is 430 g/mol. The molecule has 0 amide bonds. The van der Waals surface area contributed by atoms with Gasteiger partial charge in [-0.2, -0.15) is 0 Å². The van der Waals surface area contributed by atoms with Crippen molar-refractivity contribution in [1.82, 2.24) is 30.3 Å². The zero-order chi connectivity index (χ0) is 21.9. The second-order valence-electron chi connectivity index (χ2n) is 7.30. The number of halogens is 1. The molecule has 0 spiro atoms. The van der Waals surface area contributed by atoms with Crippen molar-refractivity contribution >= 4 is 5.96 Å². The summed E-state index contributed by atoms with van der Waals surface area (Å²) in [5, 5.41) is 14.7. The van der Waals surface area contributed by atoms with Crippen LogP contribution in [0.25, 0.3) is 0 Å². The van der Waals surface area contributed by atoms with Crippen molar-refractivity contribution in [3.8, 4) is 0 Å². The van der Waals surface area contributed by atoms with E-state index in [-0.39, 0.29) is 11.9 Å². The van der Waals surface area contributed by atoms with Gasteiger partial charge in [0.05, 0.1) is 25.8 Å². The number of nitrogens with zero attached hydrogens (tertiary/aromatic N) is 5. The van der Waals surface area contributed by atoms with Crippen LogP contribution in [0, 0.1) is 5.82 Å². The topological polar surface area (TPSA) is 79.6 Å². The zero-order valence-corrected chi connectivity index (χ0v) is 18.1. The molecule has 1 unspecified atom stereocenters. The van der Waals surface area contributed by atoms with E-state index in [4.69, 9.17) is 9.73 Å². The molecule has 9 heteroatoms. The number of benzene rings is 1. The summed E-state index contributed by atoms with van der Waals surface area (Å²) in [5.41, 5.74) is 1.05. The van der Waals surface area contributed by atoms with Gasteiger partial charge in [0.2, 0.25) is 0 Å². The number of morpholine rings is 1. The fourth-order valence-corrected chi connectivity index (χ4v) is 3.56. The standard InChI is InChI=1S/C22H32FN7O/c1-3-9-24-22(25-10-11-30-17-27-28-21(30)4-2)26-16-20(29-12-14-31-15-13-29)18-5-7-19(23)8-6-18/h3,5-8,17,20H,1,4,9-16H2,2H3,(H2,24,25,26). The maximum Gasteiger partial charge on any atom is 0.191 e. The summed E-state index contributed by atoms with van der Waals surface area (Å²) in [6.45, 7) is 11.5. The van der Waals surface area contributed by atoms with E-state index in [9.17, 15) is 4.39 Å². The Bertz CT molecular complexity index is 831. The first kappa shape index (κ1) is 22.9. The number of aryl methyl sites for hydroxylation is 1. The predicted octanol–water partition coefficient (Wildman–Crippen LogP) is 1.77. The Morgan fingerprint density at radius 3 is 2.77 bits per heavy atom. The van der Waals surface area contributed by atoms with Gasteiger partial charge in [0.25, 0.3) is 0 Å². The Morgan fingerprint density at radius 1 is 1.29 bits per heavy atom. The van der Waals surface area contributed by atoms with Gasteiger partial charge in [-0.15, -0.1) is 16.8 Å². The molecular formula is C22H32FN7O. The van der Waals surface area contributed by atoms with E-state index in [1.807, 2.05) is 16.7 Å². The second kappa shape index (κ2) is 12.2. The number of ether oxygens (including phenoxy) is 1. The van der Waals surface area contributed by atoms with Crippen LogP contribution in [0.15, 0.2) is 48.2 Å². The molecule has 2 N–H and O–H groups in total. The normalized spacial score (nSPS) is 16.1. The quantitative estimate of drug-likeness (QED) is 0.341. The SMILES string of the molecule is C=CCNC(=NCC(c1ccc(F)cc1)N1CCOCC1)NCCn1cnnc1CC. The smallest absolute Gasteiger partial charge is 0.191 e. The fraction of sp³-hybridized carbons (Fsp3) is 0.500. The zero-order valence-electron chi connectivity index (χ0n) is 18.1. The maximum atomic E-state index is 13.5. The minimum absolute atomic E-state index is 0.0522. The van der Waals surface area contributed by atoms with Gasteiger partial charge < -0.3 is 19.9 Å². The molecule has 2 aromatic rings. The largest absolute Gasteiger partial charge is 0.379 e. The Kier molecular flexibility index (Phi) is 8.99. The summed E-state index contributed by atoms with van der Waals surface area (Å²) in [4.78, 5) is 7.17. The monoisotopic (exact) mass is 429 g/mol. The van der Waals surface area contributed by atoms with Crippen molar-refractivity contribution in [2.24, 2.45) is 4.99 Å². The van der Waals surface area contributed by atoms with Crippen LogP contribution < -0.4 is 10.6 Å². The summed E-state index contributed by atoms with van der Waals surface area (Å²) in [5.74, 6) is 1.44. The minimum Gasteiger partial charge on any atom is -0.379 e. The van der Waals surface area contributed by atoms with Gasteiger partial charge in [0.1, 0.15) is 18.0 Å². The summed E-state index contributed by atoms with van der Waals surface area (Å²) < 4.78 is 21.0. The Balaban J connectivity index is 1.68. The summed E-state index contributed by atoms with van der Waals surface area (Å²) >= 11 is 0. The highest BCUT2D eigenvalue weighted by molar-refractivity contribution is 5.79. The average Bonchev–Trinajstić information content (AvgIpc) is 3.26. The summed E-state index contributed by atoms with van der Waals surface area (Å²) in [6.07, 6.45) is 4.39. The highest BCUT2D eigenvalue weighted by Crippen LogP contribution is 2.22. The number of hydrogen-bond donors (Lipinski definition) is 2. The minimum atomic E-state index is -0.233. The van der Waals surface area contributed by atoms with Gasteiger partial charge in [-0.3, -0.25) is 9.89 Å². The van der Waals surface area contributed by atoms with Crippen molar-refractivity contribution in [2.45, 2.75) is 25.9 Å². The van der Waals surface area contributed by atoms with E-state index in [1.165, 1.54) is 12.1 Å². The van der Waals surface area contributed by atoms with Crippen LogP contribution in [0.4, 0.5) is 4.39 Å². The molecule has 1 aromatic carbocycles. The lowest BCUT2D eigenvalue weighted by atomic mass is 10.0. The van der Waals surface area contributed by atoms with E-state index < -0.39 is 0 Å². The number of aliphatic imine (C=N–C) groups is 1. The van der Waals surface area contributed by atoms with Crippen LogP contribution in [-0.4, -0.2) is 71.6 Å². The molecule has 2 heterocycles. The lowest BCUT2D eigenvalue weighted by Crippen LogP contribution is -2.42. The molecule has 1 aliphatic rings. The predicted molar refractivity (Wildman–Crippen MR) is 119 cm³/mol.